The van der Waals surface area contributed by atoms with Gasteiger partial charge in [-0.25, -0.2) is 4.98 Å². The Balaban J connectivity index is 1.98. The van der Waals surface area contributed by atoms with Crippen LogP contribution in [0.5, 0.6) is 0 Å². The summed E-state index contributed by atoms with van der Waals surface area (Å²) >= 11 is 1.68. The van der Waals surface area contributed by atoms with Crippen LogP contribution in [0.4, 0.5) is 0 Å². The summed E-state index contributed by atoms with van der Waals surface area (Å²) in [5, 5.41) is 6.04. The fourth-order valence-electron chi connectivity index (χ4n) is 1.48. The average Bonchev–Trinajstić information content (AvgIpc) is 2.75. The summed E-state index contributed by atoms with van der Waals surface area (Å²) in [6.45, 7) is 4.75. The number of methoxy groups -OCH3 is 1. The minimum absolute atomic E-state index is 0.0634. The van der Waals surface area contributed by atoms with Crippen LogP contribution in [0.1, 0.15) is 17.0 Å². The summed E-state index contributed by atoms with van der Waals surface area (Å²) in [5.41, 5.74) is 2.98. The number of hydrogen-bond donors (Lipinski definition) is 2. The molecule has 1 amide bonds. The Hall–Kier alpha value is -0.980. The summed E-state index contributed by atoms with van der Waals surface area (Å²) in [4.78, 5) is 16.9. The second kappa shape index (κ2) is 9.02. The van der Waals surface area contributed by atoms with Crippen molar-refractivity contribution in [3.63, 3.8) is 0 Å². The van der Waals surface area contributed by atoms with E-state index in [9.17, 15) is 4.79 Å². The van der Waals surface area contributed by atoms with E-state index in [1.54, 1.807) is 18.4 Å². The summed E-state index contributed by atoms with van der Waals surface area (Å²) < 4.78 is 4.85. The Morgan fingerprint density at radius 2 is 2.28 bits per heavy atom. The molecular formula is C12H21N3O2S. The van der Waals surface area contributed by atoms with Crippen molar-refractivity contribution < 1.29 is 9.53 Å². The lowest BCUT2D eigenvalue weighted by atomic mass is 10.3. The van der Waals surface area contributed by atoms with E-state index in [4.69, 9.17) is 4.74 Å². The standard InChI is InChI=1S/C12H21N3O2S/c1-10-11(18-9-15-10)3-5-13-6-4-12(16)14-7-8-17-2/h9,13H,3-8H2,1-2H3,(H,14,16). The first kappa shape index (κ1) is 15.1. The van der Waals surface area contributed by atoms with Crippen LogP contribution in [-0.2, 0) is 16.0 Å². The largest absolute Gasteiger partial charge is 0.383 e. The predicted molar refractivity (Wildman–Crippen MR) is 72.9 cm³/mol. The lowest BCUT2D eigenvalue weighted by Crippen LogP contribution is -2.30. The summed E-state index contributed by atoms with van der Waals surface area (Å²) in [5.74, 6) is 0.0634. The van der Waals surface area contributed by atoms with Crippen molar-refractivity contribution in [3.8, 4) is 0 Å². The third-order valence-corrected chi connectivity index (χ3v) is 3.53. The third kappa shape index (κ3) is 6.09. The molecule has 0 spiro atoms. The lowest BCUT2D eigenvalue weighted by molar-refractivity contribution is -0.121. The van der Waals surface area contributed by atoms with Gasteiger partial charge in [-0.3, -0.25) is 4.79 Å². The molecule has 102 valence electrons. The smallest absolute Gasteiger partial charge is 0.221 e. The number of carbonyl (C=O) groups is 1. The number of rotatable bonds is 9. The molecule has 0 unspecified atom stereocenters. The Morgan fingerprint density at radius 1 is 1.44 bits per heavy atom. The molecule has 0 fully saturated rings. The van der Waals surface area contributed by atoms with Gasteiger partial charge in [0.05, 0.1) is 17.8 Å². The monoisotopic (exact) mass is 271 g/mol. The van der Waals surface area contributed by atoms with E-state index in [0.29, 0.717) is 26.1 Å². The van der Waals surface area contributed by atoms with Crippen molar-refractivity contribution in [1.29, 1.82) is 0 Å². The zero-order valence-electron chi connectivity index (χ0n) is 11.0. The van der Waals surface area contributed by atoms with Crippen LogP contribution in [0.25, 0.3) is 0 Å². The SMILES string of the molecule is COCCNC(=O)CCNCCc1scnc1C. The molecule has 1 rings (SSSR count). The highest BCUT2D eigenvalue weighted by Crippen LogP contribution is 2.11. The predicted octanol–water partition coefficient (Wildman–Crippen LogP) is 0.736. The number of hydrogen-bond acceptors (Lipinski definition) is 5. The molecule has 0 aliphatic carbocycles. The van der Waals surface area contributed by atoms with Gasteiger partial charge in [0.2, 0.25) is 5.91 Å². The van der Waals surface area contributed by atoms with Crippen LogP contribution in [-0.4, -0.2) is 44.2 Å². The van der Waals surface area contributed by atoms with Crippen molar-refractivity contribution in [2.24, 2.45) is 0 Å². The van der Waals surface area contributed by atoms with Crippen molar-refractivity contribution in [3.05, 3.63) is 16.1 Å². The minimum atomic E-state index is 0.0634. The van der Waals surface area contributed by atoms with Crippen LogP contribution in [0.2, 0.25) is 0 Å². The number of aryl methyl sites for hydroxylation is 1. The highest BCUT2D eigenvalue weighted by molar-refractivity contribution is 7.09. The number of ether oxygens (including phenoxy) is 1. The summed E-state index contributed by atoms with van der Waals surface area (Å²) in [6.07, 6.45) is 1.48. The Bertz CT molecular complexity index is 355. The van der Waals surface area contributed by atoms with Gasteiger partial charge in [-0.1, -0.05) is 0 Å². The van der Waals surface area contributed by atoms with Gasteiger partial charge < -0.3 is 15.4 Å². The van der Waals surface area contributed by atoms with E-state index in [1.165, 1.54) is 4.88 Å². The molecule has 1 heterocycles. The van der Waals surface area contributed by atoms with Gasteiger partial charge in [0.15, 0.2) is 0 Å². The van der Waals surface area contributed by atoms with Gasteiger partial charge in [0.1, 0.15) is 0 Å². The fraction of sp³-hybridized carbons (Fsp3) is 0.667. The summed E-state index contributed by atoms with van der Waals surface area (Å²) in [6, 6.07) is 0. The molecule has 1 aromatic heterocycles. The molecule has 6 heteroatoms. The zero-order chi connectivity index (χ0) is 13.2. The average molecular weight is 271 g/mol. The first-order valence-corrected chi connectivity index (χ1v) is 6.97. The maximum atomic E-state index is 11.3. The van der Waals surface area contributed by atoms with E-state index in [0.717, 1.165) is 18.7 Å². The van der Waals surface area contributed by atoms with Crippen molar-refractivity contribution >= 4 is 17.2 Å². The lowest BCUT2D eigenvalue weighted by Gasteiger charge is -2.05. The van der Waals surface area contributed by atoms with Crippen LogP contribution in [0, 0.1) is 6.92 Å². The molecule has 0 aromatic carbocycles. The number of nitrogens with zero attached hydrogens (tertiary/aromatic N) is 1. The zero-order valence-corrected chi connectivity index (χ0v) is 11.8. The van der Waals surface area contributed by atoms with Gasteiger partial charge in [-0.05, 0) is 13.3 Å². The van der Waals surface area contributed by atoms with E-state index in [2.05, 4.69) is 15.6 Å². The Kier molecular flexibility index (Phi) is 7.55. The van der Waals surface area contributed by atoms with Crippen molar-refractivity contribution in [2.75, 3.05) is 33.4 Å². The molecular weight excluding hydrogens is 250 g/mol. The highest BCUT2D eigenvalue weighted by Gasteiger charge is 2.02. The van der Waals surface area contributed by atoms with Crippen LogP contribution >= 0.6 is 11.3 Å². The second-order valence-electron chi connectivity index (χ2n) is 3.95. The molecule has 0 aliphatic rings. The van der Waals surface area contributed by atoms with Gasteiger partial charge in [-0.2, -0.15) is 0 Å². The maximum absolute atomic E-state index is 11.3. The van der Waals surface area contributed by atoms with Gasteiger partial charge in [-0.15, -0.1) is 11.3 Å². The first-order valence-electron chi connectivity index (χ1n) is 6.09. The first-order chi connectivity index (χ1) is 8.74. The fourth-order valence-corrected chi connectivity index (χ4v) is 2.26. The molecule has 2 N–H and O–H groups in total. The molecule has 0 saturated carbocycles. The van der Waals surface area contributed by atoms with Crippen LogP contribution in [0.15, 0.2) is 5.51 Å². The van der Waals surface area contributed by atoms with E-state index in [-0.39, 0.29) is 5.91 Å². The number of amides is 1. The molecule has 0 aliphatic heterocycles. The Morgan fingerprint density at radius 3 is 2.94 bits per heavy atom. The molecule has 0 atom stereocenters. The minimum Gasteiger partial charge on any atom is -0.383 e. The van der Waals surface area contributed by atoms with E-state index in [1.807, 2.05) is 12.4 Å². The van der Waals surface area contributed by atoms with Gasteiger partial charge in [0.25, 0.3) is 0 Å². The quantitative estimate of drug-likeness (QED) is 0.650. The van der Waals surface area contributed by atoms with Crippen molar-refractivity contribution in [2.45, 2.75) is 19.8 Å². The maximum Gasteiger partial charge on any atom is 0.221 e. The van der Waals surface area contributed by atoms with Crippen molar-refractivity contribution in [1.82, 2.24) is 15.6 Å². The molecule has 18 heavy (non-hydrogen) atoms. The number of aromatic nitrogens is 1. The molecule has 0 bridgehead atoms. The molecule has 0 saturated heterocycles. The number of thiazole rings is 1. The number of nitrogens with one attached hydrogen (secondary N) is 2. The Labute approximate surface area is 112 Å². The van der Waals surface area contributed by atoms with E-state index >= 15 is 0 Å². The van der Waals surface area contributed by atoms with Crippen LogP contribution < -0.4 is 10.6 Å². The number of carbonyl (C=O) groups excluding carboxylic acids is 1. The second-order valence-corrected chi connectivity index (χ2v) is 4.89. The van der Waals surface area contributed by atoms with E-state index < -0.39 is 0 Å². The van der Waals surface area contributed by atoms with Gasteiger partial charge in [0, 0.05) is 38.0 Å². The van der Waals surface area contributed by atoms with Gasteiger partial charge >= 0.3 is 0 Å². The van der Waals surface area contributed by atoms with Crippen LogP contribution in [0.3, 0.4) is 0 Å². The summed E-state index contributed by atoms with van der Waals surface area (Å²) in [7, 11) is 1.62. The molecule has 1 aromatic rings. The third-order valence-electron chi connectivity index (χ3n) is 2.53. The topological polar surface area (TPSA) is 63.2 Å². The highest BCUT2D eigenvalue weighted by atomic mass is 32.1. The normalized spacial score (nSPS) is 10.6. The molecule has 0 radical (unpaired) electrons. The molecule has 5 nitrogen and oxygen atoms in total.